The SMILES string of the molecule is CCc1cc(C(=O)Nc2ccnc(N3CCCCC3)c2)n(C)n1. The van der Waals surface area contributed by atoms with Gasteiger partial charge < -0.3 is 10.2 Å². The fourth-order valence-corrected chi connectivity index (χ4v) is 2.90. The molecule has 0 bridgehead atoms. The van der Waals surface area contributed by atoms with E-state index in [1.807, 2.05) is 25.1 Å². The zero-order chi connectivity index (χ0) is 16.2. The van der Waals surface area contributed by atoms with Crippen molar-refractivity contribution < 1.29 is 4.79 Å². The van der Waals surface area contributed by atoms with Crippen LogP contribution in [0.1, 0.15) is 42.4 Å². The van der Waals surface area contributed by atoms with Crippen LogP contribution in [-0.4, -0.2) is 33.8 Å². The summed E-state index contributed by atoms with van der Waals surface area (Å²) in [5.74, 6) is 0.789. The fourth-order valence-electron chi connectivity index (χ4n) is 2.90. The first-order valence-corrected chi connectivity index (χ1v) is 8.22. The minimum atomic E-state index is -0.143. The lowest BCUT2D eigenvalue weighted by atomic mass is 10.1. The third kappa shape index (κ3) is 3.52. The number of carbonyl (C=O) groups excluding carboxylic acids is 1. The van der Waals surface area contributed by atoms with Crippen molar-refractivity contribution in [2.45, 2.75) is 32.6 Å². The second-order valence-electron chi connectivity index (χ2n) is 5.90. The van der Waals surface area contributed by atoms with E-state index in [-0.39, 0.29) is 5.91 Å². The van der Waals surface area contributed by atoms with Gasteiger partial charge in [-0.2, -0.15) is 5.10 Å². The van der Waals surface area contributed by atoms with Gasteiger partial charge in [-0.05, 0) is 37.8 Å². The zero-order valence-corrected chi connectivity index (χ0v) is 13.7. The summed E-state index contributed by atoms with van der Waals surface area (Å²) in [4.78, 5) is 19.2. The topological polar surface area (TPSA) is 63.1 Å². The van der Waals surface area contributed by atoms with Gasteiger partial charge in [0.25, 0.3) is 5.91 Å². The molecule has 2 aromatic heterocycles. The molecule has 6 nitrogen and oxygen atoms in total. The van der Waals surface area contributed by atoms with Gasteiger partial charge in [0.05, 0.1) is 5.69 Å². The molecule has 0 atom stereocenters. The van der Waals surface area contributed by atoms with Crippen molar-refractivity contribution in [1.29, 1.82) is 0 Å². The summed E-state index contributed by atoms with van der Waals surface area (Å²) in [5, 5.41) is 7.27. The van der Waals surface area contributed by atoms with Crippen LogP contribution in [0.15, 0.2) is 24.4 Å². The van der Waals surface area contributed by atoms with Crippen molar-refractivity contribution in [3.05, 3.63) is 35.8 Å². The first-order valence-electron chi connectivity index (χ1n) is 8.22. The zero-order valence-electron chi connectivity index (χ0n) is 13.7. The fraction of sp³-hybridized carbons (Fsp3) is 0.471. The van der Waals surface area contributed by atoms with Crippen LogP contribution in [0.5, 0.6) is 0 Å². The molecule has 0 aliphatic carbocycles. The van der Waals surface area contributed by atoms with Crippen molar-refractivity contribution in [1.82, 2.24) is 14.8 Å². The lowest BCUT2D eigenvalue weighted by molar-refractivity contribution is 0.101. The Morgan fingerprint density at radius 2 is 2.04 bits per heavy atom. The Morgan fingerprint density at radius 3 is 2.74 bits per heavy atom. The van der Waals surface area contributed by atoms with Crippen molar-refractivity contribution in [2.75, 3.05) is 23.3 Å². The summed E-state index contributed by atoms with van der Waals surface area (Å²) in [6.45, 7) is 4.09. The van der Waals surface area contributed by atoms with E-state index >= 15 is 0 Å². The standard InChI is InChI=1S/C17H23N5O/c1-3-13-11-15(21(2)20-13)17(23)19-14-7-8-18-16(12-14)22-9-5-4-6-10-22/h7-8,11-12H,3-6,9-10H2,1-2H3,(H,18,19,23). The number of nitrogens with zero attached hydrogens (tertiary/aromatic N) is 4. The minimum absolute atomic E-state index is 0.143. The number of hydrogen-bond acceptors (Lipinski definition) is 4. The van der Waals surface area contributed by atoms with E-state index in [4.69, 9.17) is 0 Å². The van der Waals surface area contributed by atoms with E-state index < -0.39 is 0 Å². The first-order chi connectivity index (χ1) is 11.2. The Morgan fingerprint density at radius 1 is 1.26 bits per heavy atom. The maximum absolute atomic E-state index is 12.4. The number of anilines is 2. The molecule has 1 aliphatic rings. The smallest absolute Gasteiger partial charge is 0.273 e. The highest BCUT2D eigenvalue weighted by Gasteiger charge is 2.15. The number of amides is 1. The van der Waals surface area contributed by atoms with Crippen LogP contribution in [-0.2, 0) is 13.5 Å². The van der Waals surface area contributed by atoms with E-state index in [1.165, 1.54) is 19.3 Å². The van der Waals surface area contributed by atoms with Gasteiger partial charge in [0.2, 0.25) is 0 Å². The van der Waals surface area contributed by atoms with Gasteiger partial charge in [0.1, 0.15) is 11.5 Å². The molecular formula is C17H23N5O. The summed E-state index contributed by atoms with van der Waals surface area (Å²) < 4.78 is 1.63. The number of aryl methyl sites for hydroxylation is 2. The third-order valence-corrected chi connectivity index (χ3v) is 4.21. The summed E-state index contributed by atoms with van der Waals surface area (Å²) in [5.41, 5.74) is 2.25. The predicted octanol–water partition coefficient (Wildman–Crippen LogP) is 2.62. The second kappa shape index (κ2) is 6.81. The second-order valence-corrected chi connectivity index (χ2v) is 5.90. The van der Waals surface area contributed by atoms with Gasteiger partial charge in [-0.3, -0.25) is 9.48 Å². The van der Waals surface area contributed by atoms with E-state index in [9.17, 15) is 4.79 Å². The Labute approximate surface area is 136 Å². The Balaban J connectivity index is 1.74. The summed E-state index contributed by atoms with van der Waals surface area (Å²) in [6, 6.07) is 5.60. The molecule has 6 heteroatoms. The molecule has 3 heterocycles. The molecule has 0 unspecified atom stereocenters. The maximum atomic E-state index is 12.4. The molecule has 0 saturated carbocycles. The molecule has 1 N–H and O–H groups in total. The third-order valence-electron chi connectivity index (χ3n) is 4.21. The predicted molar refractivity (Wildman–Crippen MR) is 90.8 cm³/mol. The molecule has 1 amide bonds. The van der Waals surface area contributed by atoms with Crippen LogP contribution in [0.3, 0.4) is 0 Å². The summed E-state index contributed by atoms with van der Waals surface area (Å²) in [6.07, 6.45) is 6.25. The highest BCUT2D eigenvalue weighted by atomic mass is 16.2. The van der Waals surface area contributed by atoms with Gasteiger partial charge in [0.15, 0.2) is 0 Å². The van der Waals surface area contributed by atoms with Crippen molar-refractivity contribution in [3.8, 4) is 0 Å². The molecule has 2 aromatic rings. The average Bonchev–Trinajstić information content (AvgIpc) is 2.97. The van der Waals surface area contributed by atoms with E-state index in [1.54, 1.807) is 17.9 Å². The van der Waals surface area contributed by atoms with Crippen LogP contribution >= 0.6 is 0 Å². The highest BCUT2D eigenvalue weighted by Crippen LogP contribution is 2.21. The summed E-state index contributed by atoms with van der Waals surface area (Å²) in [7, 11) is 1.79. The molecule has 0 radical (unpaired) electrons. The van der Waals surface area contributed by atoms with Crippen LogP contribution < -0.4 is 10.2 Å². The Hall–Kier alpha value is -2.37. The van der Waals surface area contributed by atoms with Crippen molar-refractivity contribution in [3.63, 3.8) is 0 Å². The van der Waals surface area contributed by atoms with Crippen LogP contribution in [0.25, 0.3) is 0 Å². The number of carbonyl (C=O) groups is 1. The molecule has 1 aliphatic heterocycles. The number of pyridine rings is 1. The largest absolute Gasteiger partial charge is 0.357 e. The Bertz CT molecular complexity index is 688. The molecule has 3 rings (SSSR count). The average molecular weight is 313 g/mol. The van der Waals surface area contributed by atoms with Gasteiger partial charge in [0, 0.05) is 38.1 Å². The quantitative estimate of drug-likeness (QED) is 0.942. The lowest BCUT2D eigenvalue weighted by Gasteiger charge is -2.27. The number of hydrogen-bond donors (Lipinski definition) is 1. The van der Waals surface area contributed by atoms with Crippen LogP contribution in [0.4, 0.5) is 11.5 Å². The van der Waals surface area contributed by atoms with E-state index in [0.717, 1.165) is 36.7 Å². The number of rotatable bonds is 4. The van der Waals surface area contributed by atoms with Crippen LogP contribution in [0.2, 0.25) is 0 Å². The molecule has 122 valence electrons. The normalized spacial score (nSPS) is 14.8. The molecule has 1 fully saturated rings. The molecular weight excluding hydrogens is 290 g/mol. The van der Waals surface area contributed by atoms with Crippen molar-refractivity contribution in [2.24, 2.45) is 7.05 Å². The van der Waals surface area contributed by atoms with Crippen LogP contribution in [0, 0.1) is 0 Å². The number of piperidine rings is 1. The monoisotopic (exact) mass is 313 g/mol. The van der Waals surface area contributed by atoms with Crippen molar-refractivity contribution >= 4 is 17.4 Å². The van der Waals surface area contributed by atoms with E-state index in [0.29, 0.717) is 5.69 Å². The highest BCUT2D eigenvalue weighted by molar-refractivity contribution is 6.03. The van der Waals surface area contributed by atoms with Gasteiger partial charge in [-0.25, -0.2) is 4.98 Å². The number of aromatic nitrogens is 3. The molecule has 0 spiro atoms. The summed E-state index contributed by atoms with van der Waals surface area (Å²) >= 11 is 0. The maximum Gasteiger partial charge on any atom is 0.273 e. The lowest BCUT2D eigenvalue weighted by Crippen LogP contribution is -2.30. The minimum Gasteiger partial charge on any atom is -0.357 e. The van der Waals surface area contributed by atoms with Gasteiger partial charge in [-0.1, -0.05) is 6.92 Å². The molecule has 1 saturated heterocycles. The molecule has 23 heavy (non-hydrogen) atoms. The van der Waals surface area contributed by atoms with Gasteiger partial charge in [-0.15, -0.1) is 0 Å². The first kappa shape index (κ1) is 15.5. The Kier molecular flexibility index (Phi) is 4.60. The number of nitrogens with one attached hydrogen (secondary N) is 1. The van der Waals surface area contributed by atoms with Gasteiger partial charge >= 0.3 is 0 Å². The molecule has 0 aromatic carbocycles. The van der Waals surface area contributed by atoms with E-state index in [2.05, 4.69) is 20.3 Å².